The van der Waals surface area contributed by atoms with Gasteiger partial charge in [-0.05, 0) is 47.5 Å². The van der Waals surface area contributed by atoms with Crippen LogP contribution in [0.2, 0.25) is 5.02 Å². The number of rotatable bonds is 7. The van der Waals surface area contributed by atoms with Gasteiger partial charge in [0.25, 0.3) is 5.91 Å². The van der Waals surface area contributed by atoms with E-state index in [0.717, 1.165) is 32.6 Å². The summed E-state index contributed by atoms with van der Waals surface area (Å²) in [4.78, 5) is 18.6. The van der Waals surface area contributed by atoms with Gasteiger partial charge < -0.3 is 9.88 Å². The monoisotopic (exact) mass is 447 g/mol. The summed E-state index contributed by atoms with van der Waals surface area (Å²) in [5, 5.41) is 3.87. The van der Waals surface area contributed by atoms with Gasteiger partial charge >= 0.3 is 0 Å². The Hall–Kier alpha value is -3.02. The molecular formula is C25H22ClN3OS. The first kappa shape index (κ1) is 21.2. The number of imidazole rings is 1. The van der Waals surface area contributed by atoms with Crippen molar-refractivity contribution in [3.63, 3.8) is 0 Å². The van der Waals surface area contributed by atoms with Crippen LogP contribution in [-0.2, 0) is 12.8 Å². The molecule has 4 nitrogen and oxygen atoms in total. The lowest BCUT2D eigenvalue weighted by molar-refractivity contribution is 0.0941. The molecule has 3 aromatic carbocycles. The maximum Gasteiger partial charge on any atom is 0.252 e. The van der Waals surface area contributed by atoms with Gasteiger partial charge in [0, 0.05) is 40.7 Å². The number of thioether (sulfide) groups is 1. The van der Waals surface area contributed by atoms with Crippen LogP contribution in [0, 0.1) is 0 Å². The fraction of sp³-hybridized carbons (Fsp3) is 0.120. The number of benzene rings is 3. The molecule has 6 heteroatoms. The van der Waals surface area contributed by atoms with E-state index in [1.165, 1.54) is 0 Å². The maximum atomic E-state index is 13.0. The van der Waals surface area contributed by atoms with Crippen molar-refractivity contribution >= 4 is 29.3 Å². The average molecular weight is 448 g/mol. The first-order chi connectivity index (χ1) is 15.1. The Kier molecular flexibility index (Phi) is 6.75. The van der Waals surface area contributed by atoms with Crippen molar-refractivity contribution in [2.24, 2.45) is 7.05 Å². The fourth-order valence-electron chi connectivity index (χ4n) is 3.26. The number of carbonyl (C=O) groups excluding carboxylic acids is 1. The van der Waals surface area contributed by atoms with Gasteiger partial charge in [-0.25, -0.2) is 4.98 Å². The van der Waals surface area contributed by atoms with Crippen molar-refractivity contribution < 1.29 is 4.79 Å². The van der Waals surface area contributed by atoms with Gasteiger partial charge in [0.2, 0.25) is 0 Å². The molecule has 0 saturated heterocycles. The first-order valence-electron chi connectivity index (χ1n) is 9.90. The van der Waals surface area contributed by atoms with Gasteiger partial charge in [0.1, 0.15) is 11.9 Å². The van der Waals surface area contributed by atoms with Crippen molar-refractivity contribution in [2.75, 3.05) is 0 Å². The number of carbonyl (C=O) groups is 1. The van der Waals surface area contributed by atoms with Gasteiger partial charge in [-0.1, -0.05) is 54.1 Å². The molecule has 0 aliphatic heterocycles. The Morgan fingerprint density at radius 3 is 2.39 bits per heavy atom. The maximum absolute atomic E-state index is 13.0. The summed E-state index contributed by atoms with van der Waals surface area (Å²) < 4.78 is 1.93. The van der Waals surface area contributed by atoms with Gasteiger partial charge in [-0.2, -0.15) is 0 Å². The van der Waals surface area contributed by atoms with Crippen LogP contribution in [0.4, 0.5) is 0 Å². The highest BCUT2D eigenvalue weighted by atomic mass is 35.5. The van der Waals surface area contributed by atoms with Crippen LogP contribution in [0.1, 0.15) is 33.4 Å². The number of nitrogens with one attached hydrogen (secondary N) is 1. The van der Waals surface area contributed by atoms with Crippen LogP contribution in [0.15, 0.2) is 96.2 Å². The highest BCUT2D eigenvalue weighted by molar-refractivity contribution is 7.98. The molecule has 0 fully saturated rings. The second-order valence-corrected chi connectivity index (χ2v) is 8.64. The molecule has 1 aromatic heterocycles. The Balaban J connectivity index is 1.45. The molecule has 4 rings (SSSR count). The number of hydrogen-bond donors (Lipinski definition) is 1. The Bertz CT molecular complexity index is 1140. The lowest BCUT2D eigenvalue weighted by Crippen LogP contribution is -2.31. The first-order valence-corrected chi connectivity index (χ1v) is 11.3. The van der Waals surface area contributed by atoms with Crippen LogP contribution < -0.4 is 5.32 Å². The quantitative estimate of drug-likeness (QED) is 0.359. The summed E-state index contributed by atoms with van der Waals surface area (Å²) in [6.45, 7) is 0. The zero-order chi connectivity index (χ0) is 21.6. The standard InChI is InChI=1S/C25H22ClN3OS/c1-29-16-15-27-24(29)23(19-5-3-2-4-6-19)28-25(30)20-9-7-18(8-10-20)17-31-22-13-11-21(26)12-14-22/h2-16,23H,17H2,1H3,(H,28,30)/t23-/m1/s1. The molecule has 156 valence electrons. The normalized spacial score (nSPS) is 11.8. The van der Waals surface area contributed by atoms with Crippen LogP contribution in [0.5, 0.6) is 0 Å². The molecule has 0 bridgehead atoms. The lowest BCUT2D eigenvalue weighted by atomic mass is 10.1. The topological polar surface area (TPSA) is 46.9 Å². The van der Waals surface area contributed by atoms with E-state index in [2.05, 4.69) is 10.3 Å². The Morgan fingerprint density at radius 2 is 1.74 bits per heavy atom. The number of amides is 1. The van der Waals surface area contributed by atoms with Crippen molar-refractivity contribution in [2.45, 2.75) is 16.7 Å². The van der Waals surface area contributed by atoms with Gasteiger partial charge in [0.15, 0.2) is 0 Å². The minimum Gasteiger partial charge on any atom is -0.338 e. The van der Waals surface area contributed by atoms with Crippen molar-refractivity contribution in [1.82, 2.24) is 14.9 Å². The van der Waals surface area contributed by atoms with Crippen LogP contribution >= 0.6 is 23.4 Å². The SMILES string of the molecule is Cn1ccnc1[C@H](NC(=O)c1ccc(CSc2ccc(Cl)cc2)cc1)c1ccccc1. The van der Waals surface area contributed by atoms with E-state index >= 15 is 0 Å². The van der Waals surface area contributed by atoms with E-state index in [4.69, 9.17) is 11.6 Å². The molecule has 31 heavy (non-hydrogen) atoms. The summed E-state index contributed by atoms with van der Waals surface area (Å²) in [5.41, 5.74) is 2.76. The summed E-state index contributed by atoms with van der Waals surface area (Å²) in [6.07, 6.45) is 3.62. The van der Waals surface area contributed by atoms with Gasteiger partial charge in [-0.3, -0.25) is 4.79 Å². The van der Waals surface area contributed by atoms with Crippen molar-refractivity contribution in [3.05, 3.63) is 119 Å². The predicted octanol–water partition coefficient (Wildman–Crippen LogP) is 5.89. The minimum atomic E-state index is -0.325. The molecule has 1 amide bonds. The second kappa shape index (κ2) is 9.86. The fourth-order valence-corrected chi connectivity index (χ4v) is 4.24. The van der Waals surface area contributed by atoms with E-state index in [1.54, 1.807) is 18.0 Å². The van der Waals surface area contributed by atoms with Crippen LogP contribution in [0.25, 0.3) is 0 Å². The highest BCUT2D eigenvalue weighted by Crippen LogP contribution is 2.25. The Morgan fingerprint density at radius 1 is 1.03 bits per heavy atom. The van der Waals surface area contributed by atoms with E-state index in [1.807, 2.05) is 96.7 Å². The molecule has 1 N–H and O–H groups in total. The number of halogens is 1. The predicted molar refractivity (Wildman–Crippen MR) is 126 cm³/mol. The zero-order valence-electron chi connectivity index (χ0n) is 17.0. The summed E-state index contributed by atoms with van der Waals surface area (Å²) >= 11 is 7.67. The summed E-state index contributed by atoms with van der Waals surface area (Å²) in [5.74, 6) is 1.48. The van der Waals surface area contributed by atoms with Gasteiger partial charge in [0.05, 0.1) is 0 Å². The molecule has 0 saturated carbocycles. The number of aromatic nitrogens is 2. The van der Waals surface area contributed by atoms with E-state index in [0.29, 0.717) is 5.56 Å². The third kappa shape index (κ3) is 5.37. The third-order valence-electron chi connectivity index (χ3n) is 4.96. The van der Waals surface area contributed by atoms with E-state index in [9.17, 15) is 4.79 Å². The molecule has 0 aliphatic carbocycles. The molecule has 0 aliphatic rings. The Labute approximate surface area is 191 Å². The van der Waals surface area contributed by atoms with Crippen molar-refractivity contribution in [1.29, 1.82) is 0 Å². The van der Waals surface area contributed by atoms with Crippen LogP contribution in [-0.4, -0.2) is 15.5 Å². The molecule has 1 heterocycles. The summed E-state index contributed by atoms with van der Waals surface area (Å²) in [6, 6.07) is 25.1. The third-order valence-corrected chi connectivity index (χ3v) is 6.30. The minimum absolute atomic E-state index is 0.131. The molecule has 0 radical (unpaired) electrons. The number of hydrogen-bond acceptors (Lipinski definition) is 3. The smallest absolute Gasteiger partial charge is 0.252 e. The zero-order valence-corrected chi connectivity index (χ0v) is 18.6. The molecule has 1 atom stereocenters. The van der Waals surface area contributed by atoms with E-state index in [-0.39, 0.29) is 11.9 Å². The van der Waals surface area contributed by atoms with Gasteiger partial charge in [-0.15, -0.1) is 11.8 Å². The number of aryl methyl sites for hydroxylation is 1. The van der Waals surface area contributed by atoms with E-state index < -0.39 is 0 Å². The highest BCUT2D eigenvalue weighted by Gasteiger charge is 2.21. The lowest BCUT2D eigenvalue weighted by Gasteiger charge is -2.19. The summed E-state index contributed by atoms with van der Waals surface area (Å²) in [7, 11) is 1.93. The van der Waals surface area contributed by atoms with Crippen LogP contribution in [0.3, 0.4) is 0 Å². The molecular weight excluding hydrogens is 426 g/mol. The average Bonchev–Trinajstić information content (AvgIpc) is 3.23. The number of nitrogens with zero attached hydrogens (tertiary/aromatic N) is 2. The molecule has 4 aromatic rings. The molecule has 0 unspecified atom stereocenters. The molecule has 0 spiro atoms. The largest absolute Gasteiger partial charge is 0.338 e. The second-order valence-electron chi connectivity index (χ2n) is 7.15. The van der Waals surface area contributed by atoms with Crippen molar-refractivity contribution in [3.8, 4) is 0 Å².